The molecule has 0 aliphatic carbocycles. The van der Waals surface area contributed by atoms with Crippen molar-refractivity contribution in [3.05, 3.63) is 29.3 Å². The number of hydrogen-bond donors (Lipinski definition) is 1. The Balaban J connectivity index is 2.30. The molecule has 1 aromatic carbocycles. The van der Waals surface area contributed by atoms with Gasteiger partial charge in [0.05, 0.1) is 4.90 Å². The number of aryl methyl sites for hydroxylation is 1. The summed E-state index contributed by atoms with van der Waals surface area (Å²) < 4.78 is 27.0. The van der Waals surface area contributed by atoms with Crippen LogP contribution in [0.5, 0.6) is 0 Å². The van der Waals surface area contributed by atoms with E-state index in [-0.39, 0.29) is 0 Å². The highest BCUT2D eigenvalue weighted by molar-refractivity contribution is 8.00. The highest BCUT2D eigenvalue weighted by atomic mass is 32.2. The first kappa shape index (κ1) is 15.8. The van der Waals surface area contributed by atoms with Gasteiger partial charge >= 0.3 is 0 Å². The molecule has 1 aliphatic rings. The maximum Gasteiger partial charge on any atom is 0.243 e. The maximum absolute atomic E-state index is 12.7. The molecule has 1 atom stereocenters. The second-order valence-corrected chi connectivity index (χ2v) is 8.40. The van der Waals surface area contributed by atoms with Crippen molar-refractivity contribution >= 4 is 21.8 Å². The zero-order valence-electron chi connectivity index (χ0n) is 12.0. The van der Waals surface area contributed by atoms with Crippen molar-refractivity contribution in [1.82, 2.24) is 4.31 Å². The third kappa shape index (κ3) is 3.19. The lowest BCUT2D eigenvalue weighted by atomic mass is 10.1. The molecule has 1 aliphatic heterocycles. The predicted octanol–water partition coefficient (Wildman–Crippen LogP) is 1.97. The van der Waals surface area contributed by atoms with E-state index < -0.39 is 10.0 Å². The van der Waals surface area contributed by atoms with Crippen LogP contribution >= 0.6 is 11.8 Å². The van der Waals surface area contributed by atoms with E-state index in [1.807, 2.05) is 24.8 Å². The van der Waals surface area contributed by atoms with Gasteiger partial charge in [0.15, 0.2) is 0 Å². The van der Waals surface area contributed by atoms with E-state index in [1.165, 1.54) is 0 Å². The highest BCUT2D eigenvalue weighted by Crippen LogP contribution is 2.27. The van der Waals surface area contributed by atoms with Crippen molar-refractivity contribution in [2.75, 3.05) is 18.8 Å². The van der Waals surface area contributed by atoms with E-state index in [4.69, 9.17) is 5.73 Å². The van der Waals surface area contributed by atoms with Gasteiger partial charge in [-0.05, 0) is 36.6 Å². The molecule has 112 valence electrons. The van der Waals surface area contributed by atoms with Crippen LogP contribution in [-0.4, -0.2) is 36.8 Å². The molecule has 6 heteroatoms. The van der Waals surface area contributed by atoms with Gasteiger partial charge in [-0.15, -0.1) is 0 Å². The van der Waals surface area contributed by atoms with Crippen molar-refractivity contribution in [3.63, 3.8) is 0 Å². The fourth-order valence-electron chi connectivity index (χ4n) is 2.33. The fraction of sp³-hybridized carbons (Fsp3) is 0.571. The first-order valence-electron chi connectivity index (χ1n) is 6.90. The maximum atomic E-state index is 12.7. The van der Waals surface area contributed by atoms with E-state index in [0.29, 0.717) is 29.8 Å². The molecule has 4 nitrogen and oxygen atoms in total. The van der Waals surface area contributed by atoms with Crippen LogP contribution in [0, 0.1) is 6.92 Å². The van der Waals surface area contributed by atoms with Crippen molar-refractivity contribution in [1.29, 1.82) is 0 Å². The van der Waals surface area contributed by atoms with E-state index >= 15 is 0 Å². The summed E-state index contributed by atoms with van der Waals surface area (Å²) in [5.74, 6) is 0.868. The van der Waals surface area contributed by atoms with Crippen molar-refractivity contribution in [2.45, 2.75) is 37.0 Å². The number of hydrogen-bond acceptors (Lipinski definition) is 4. The Morgan fingerprint density at radius 1 is 1.45 bits per heavy atom. The molecule has 0 bridgehead atoms. The standard InChI is InChI=1S/C14H22N2O2S2/c1-3-13-10-16(6-7-19-13)20(17,18)14-5-4-11(2)12(8-14)9-15/h4-5,8,13H,3,6-7,9-10,15H2,1-2H3. The Kier molecular flexibility index (Phi) is 5.12. The van der Waals surface area contributed by atoms with Crippen LogP contribution in [0.3, 0.4) is 0 Å². The van der Waals surface area contributed by atoms with E-state index in [0.717, 1.165) is 23.3 Å². The topological polar surface area (TPSA) is 63.4 Å². The lowest BCUT2D eigenvalue weighted by Gasteiger charge is -2.31. The fourth-order valence-corrected chi connectivity index (χ4v) is 5.26. The van der Waals surface area contributed by atoms with Crippen molar-refractivity contribution < 1.29 is 8.42 Å². The molecule has 1 fully saturated rings. The summed E-state index contributed by atoms with van der Waals surface area (Å²) in [5, 5.41) is 0.401. The number of rotatable bonds is 4. The zero-order valence-corrected chi connectivity index (χ0v) is 13.6. The van der Waals surface area contributed by atoms with Crippen molar-refractivity contribution in [3.8, 4) is 0 Å². The predicted molar refractivity (Wildman–Crippen MR) is 84.4 cm³/mol. The van der Waals surface area contributed by atoms with Crippen LogP contribution in [0.2, 0.25) is 0 Å². The molecule has 20 heavy (non-hydrogen) atoms. The number of thioether (sulfide) groups is 1. The van der Waals surface area contributed by atoms with Gasteiger partial charge < -0.3 is 5.73 Å². The second-order valence-electron chi connectivity index (χ2n) is 5.06. The smallest absolute Gasteiger partial charge is 0.243 e. The van der Waals surface area contributed by atoms with E-state index in [9.17, 15) is 8.42 Å². The van der Waals surface area contributed by atoms with Gasteiger partial charge in [-0.3, -0.25) is 0 Å². The minimum Gasteiger partial charge on any atom is -0.326 e. The summed E-state index contributed by atoms with van der Waals surface area (Å²) in [7, 11) is -3.39. The monoisotopic (exact) mass is 314 g/mol. The van der Waals surface area contributed by atoms with Crippen LogP contribution in [-0.2, 0) is 16.6 Å². The van der Waals surface area contributed by atoms with Crippen LogP contribution in [0.1, 0.15) is 24.5 Å². The Hall–Kier alpha value is -0.560. The SMILES string of the molecule is CCC1CN(S(=O)(=O)c2ccc(C)c(CN)c2)CCS1. The molecule has 1 aromatic rings. The average Bonchev–Trinajstić information content (AvgIpc) is 2.47. The normalized spacial score (nSPS) is 21.1. The molecule has 0 spiro atoms. The molecule has 1 saturated heterocycles. The zero-order chi connectivity index (χ0) is 14.8. The minimum atomic E-state index is -3.39. The minimum absolute atomic E-state index is 0.364. The van der Waals surface area contributed by atoms with Crippen LogP contribution < -0.4 is 5.73 Å². The molecular weight excluding hydrogens is 292 g/mol. The van der Waals surface area contributed by atoms with Gasteiger partial charge in [-0.1, -0.05) is 13.0 Å². The van der Waals surface area contributed by atoms with E-state index in [1.54, 1.807) is 16.4 Å². The van der Waals surface area contributed by atoms with Gasteiger partial charge in [0.25, 0.3) is 0 Å². The summed E-state index contributed by atoms with van der Waals surface area (Å²) in [6.45, 7) is 5.61. The quantitative estimate of drug-likeness (QED) is 0.923. The number of nitrogens with two attached hydrogens (primary N) is 1. The van der Waals surface area contributed by atoms with Gasteiger partial charge in [0.1, 0.15) is 0 Å². The molecular formula is C14H22N2O2S2. The second kappa shape index (κ2) is 6.47. The number of benzene rings is 1. The van der Waals surface area contributed by atoms with Gasteiger partial charge in [0.2, 0.25) is 10.0 Å². The van der Waals surface area contributed by atoms with Crippen LogP contribution in [0.25, 0.3) is 0 Å². The summed E-state index contributed by atoms with van der Waals surface area (Å²) in [5.41, 5.74) is 7.60. The Morgan fingerprint density at radius 3 is 2.85 bits per heavy atom. The summed E-state index contributed by atoms with van der Waals surface area (Å²) in [6.07, 6.45) is 0.999. The third-order valence-corrected chi connectivity index (χ3v) is 6.97. The van der Waals surface area contributed by atoms with Gasteiger partial charge in [0, 0.05) is 30.6 Å². The first-order valence-corrected chi connectivity index (χ1v) is 9.39. The summed E-state index contributed by atoms with van der Waals surface area (Å²) in [4.78, 5) is 0.366. The van der Waals surface area contributed by atoms with Gasteiger partial charge in [-0.25, -0.2) is 8.42 Å². The third-order valence-electron chi connectivity index (χ3n) is 3.74. The molecule has 0 radical (unpaired) electrons. The first-order chi connectivity index (χ1) is 9.48. The molecule has 0 saturated carbocycles. The van der Waals surface area contributed by atoms with Gasteiger partial charge in [-0.2, -0.15) is 16.1 Å². The molecule has 1 heterocycles. The Bertz CT molecular complexity index is 573. The Morgan fingerprint density at radius 2 is 2.20 bits per heavy atom. The van der Waals surface area contributed by atoms with Crippen LogP contribution in [0.15, 0.2) is 23.1 Å². The Labute approximate surface area is 125 Å². The average molecular weight is 314 g/mol. The summed E-state index contributed by atoms with van der Waals surface area (Å²) >= 11 is 1.86. The lowest BCUT2D eigenvalue weighted by molar-refractivity contribution is 0.416. The molecule has 2 rings (SSSR count). The largest absolute Gasteiger partial charge is 0.326 e. The number of nitrogens with zero attached hydrogens (tertiary/aromatic N) is 1. The van der Waals surface area contributed by atoms with Crippen molar-refractivity contribution in [2.24, 2.45) is 5.73 Å². The van der Waals surface area contributed by atoms with Crippen LogP contribution in [0.4, 0.5) is 0 Å². The molecule has 2 N–H and O–H groups in total. The molecule has 0 amide bonds. The highest BCUT2D eigenvalue weighted by Gasteiger charge is 2.30. The molecule has 1 unspecified atom stereocenters. The lowest BCUT2D eigenvalue weighted by Crippen LogP contribution is -2.41. The molecule has 0 aromatic heterocycles. The van der Waals surface area contributed by atoms with E-state index in [2.05, 4.69) is 6.92 Å². The summed E-state index contributed by atoms with van der Waals surface area (Å²) in [6, 6.07) is 5.24. The number of sulfonamides is 1.